The lowest BCUT2D eigenvalue weighted by atomic mass is 10.2. The van der Waals surface area contributed by atoms with Gasteiger partial charge in [0.2, 0.25) is 0 Å². The molecule has 0 radical (unpaired) electrons. The van der Waals surface area contributed by atoms with E-state index in [-0.39, 0.29) is 18.1 Å². The Kier molecular flexibility index (Phi) is 4.34. The maximum absolute atomic E-state index is 13.6. The van der Waals surface area contributed by atoms with Crippen LogP contribution >= 0.6 is 15.9 Å². The molecule has 0 aliphatic rings. The molecule has 0 N–H and O–H groups in total. The van der Waals surface area contributed by atoms with Crippen LogP contribution < -0.4 is 4.74 Å². The summed E-state index contributed by atoms with van der Waals surface area (Å²) in [4.78, 5) is 10.2. The Morgan fingerprint density at radius 3 is 2.70 bits per heavy atom. The largest absolute Gasteiger partial charge is 0.488 e. The van der Waals surface area contributed by atoms with Crippen LogP contribution in [0.15, 0.2) is 40.9 Å². The normalized spacial score (nSPS) is 10.3. The van der Waals surface area contributed by atoms with Crippen molar-refractivity contribution in [3.63, 3.8) is 0 Å². The maximum Gasteiger partial charge on any atom is 0.273 e. The molecular formula is C14H11BrFNO3. The number of nitrogens with zero attached hydrogens (tertiary/aromatic N) is 1. The first-order valence-electron chi connectivity index (χ1n) is 5.79. The predicted octanol–water partition coefficient (Wildman–Crippen LogP) is 4.38. The van der Waals surface area contributed by atoms with Crippen LogP contribution in [0.4, 0.5) is 10.1 Å². The van der Waals surface area contributed by atoms with Crippen molar-refractivity contribution >= 4 is 21.6 Å². The minimum Gasteiger partial charge on any atom is -0.488 e. The average molecular weight is 340 g/mol. The number of hydrogen-bond acceptors (Lipinski definition) is 3. The molecule has 0 amide bonds. The summed E-state index contributed by atoms with van der Waals surface area (Å²) in [6, 6.07) is 9.01. The van der Waals surface area contributed by atoms with Gasteiger partial charge in [-0.3, -0.25) is 10.1 Å². The summed E-state index contributed by atoms with van der Waals surface area (Å²) in [6.45, 7) is 1.79. The van der Waals surface area contributed by atoms with Crippen LogP contribution in [0.1, 0.15) is 11.1 Å². The first-order chi connectivity index (χ1) is 9.47. The average Bonchev–Trinajstić information content (AvgIpc) is 2.39. The van der Waals surface area contributed by atoms with E-state index in [0.717, 1.165) is 5.56 Å². The molecule has 0 aromatic heterocycles. The summed E-state index contributed by atoms with van der Waals surface area (Å²) >= 11 is 3.17. The molecule has 0 bridgehead atoms. The summed E-state index contributed by atoms with van der Waals surface area (Å²) in [7, 11) is 0. The lowest BCUT2D eigenvalue weighted by Gasteiger charge is -2.09. The van der Waals surface area contributed by atoms with E-state index in [9.17, 15) is 14.5 Å². The quantitative estimate of drug-likeness (QED) is 0.613. The Bertz CT molecular complexity index is 661. The predicted molar refractivity (Wildman–Crippen MR) is 76.3 cm³/mol. The smallest absolute Gasteiger partial charge is 0.273 e. The highest BCUT2D eigenvalue weighted by atomic mass is 79.9. The second-order valence-corrected chi connectivity index (χ2v) is 5.15. The highest BCUT2D eigenvalue weighted by Gasteiger charge is 2.10. The number of aryl methyl sites for hydroxylation is 1. The summed E-state index contributed by atoms with van der Waals surface area (Å²) in [5, 5.41) is 10.7. The molecule has 0 aliphatic carbocycles. The van der Waals surface area contributed by atoms with Crippen LogP contribution in [0.25, 0.3) is 0 Å². The third-order valence-electron chi connectivity index (χ3n) is 2.78. The molecule has 2 aromatic carbocycles. The molecular weight excluding hydrogens is 329 g/mol. The second-order valence-electron chi connectivity index (χ2n) is 4.23. The van der Waals surface area contributed by atoms with Gasteiger partial charge in [-0.1, -0.05) is 22.0 Å². The van der Waals surface area contributed by atoms with Gasteiger partial charge in [0.25, 0.3) is 5.69 Å². The number of nitro benzene ring substituents is 1. The Labute approximate surface area is 123 Å². The Morgan fingerprint density at radius 2 is 2.05 bits per heavy atom. The minimum atomic E-state index is -0.494. The number of rotatable bonds is 4. The number of nitro groups is 1. The van der Waals surface area contributed by atoms with Crippen molar-refractivity contribution in [2.45, 2.75) is 13.5 Å². The molecule has 0 aliphatic heterocycles. The summed E-state index contributed by atoms with van der Waals surface area (Å²) in [5.41, 5.74) is 1.09. The Hall–Kier alpha value is -1.95. The van der Waals surface area contributed by atoms with Gasteiger partial charge in [0.05, 0.1) is 11.0 Å². The maximum atomic E-state index is 13.6. The fourth-order valence-electron chi connectivity index (χ4n) is 1.65. The highest BCUT2D eigenvalue weighted by Crippen LogP contribution is 2.25. The molecule has 4 nitrogen and oxygen atoms in total. The molecule has 0 atom stereocenters. The van der Waals surface area contributed by atoms with Gasteiger partial charge in [-0.2, -0.15) is 0 Å². The van der Waals surface area contributed by atoms with Gasteiger partial charge in [0, 0.05) is 16.1 Å². The molecule has 0 saturated heterocycles. The van der Waals surface area contributed by atoms with Crippen molar-refractivity contribution in [3.05, 3.63) is 67.9 Å². The number of halogens is 2. The molecule has 104 valence electrons. The fraction of sp³-hybridized carbons (Fsp3) is 0.143. The molecule has 2 aromatic rings. The van der Waals surface area contributed by atoms with Crippen LogP contribution in [0.2, 0.25) is 0 Å². The van der Waals surface area contributed by atoms with Gasteiger partial charge in [-0.15, -0.1) is 0 Å². The molecule has 0 spiro atoms. The van der Waals surface area contributed by atoms with Gasteiger partial charge < -0.3 is 4.74 Å². The fourth-order valence-corrected chi connectivity index (χ4v) is 1.99. The van der Waals surface area contributed by atoms with Crippen molar-refractivity contribution in [1.29, 1.82) is 0 Å². The third-order valence-corrected chi connectivity index (χ3v) is 3.27. The van der Waals surface area contributed by atoms with E-state index in [0.29, 0.717) is 15.8 Å². The highest BCUT2D eigenvalue weighted by molar-refractivity contribution is 9.10. The van der Waals surface area contributed by atoms with Crippen molar-refractivity contribution < 1.29 is 14.1 Å². The number of ether oxygens (including phenoxy) is 1. The lowest BCUT2D eigenvalue weighted by Crippen LogP contribution is -2.00. The summed E-state index contributed by atoms with van der Waals surface area (Å²) < 4.78 is 19.8. The molecule has 6 heteroatoms. The summed E-state index contributed by atoms with van der Waals surface area (Å²) in [6.07, 6.45) is 0. The number of non-ortho nitro benzene ring substituents is 1. The topological polar surface area (TPSA) is 52.4 Å². The molecule has 0 saturated carbocycles. The first kappa shape index (κ1) is 14.5. The van der Waals surface area contributed by atoms with Crippen LogP contribution in [-0.2, 0) is 6.61 Å². The molecule has 0 fully saturated rings. The minimum absolute atomic E-state index is 0.0150. The monoisotopic (exact) mass is 339 g/mol. The van der Waals surface area contributed by atoms with Gasteiger partial charge in [0.15, 0.2) is 0 Å². The van der Waals surface area contributed by atoms with E-state index < -0.39 is 4.92 Å². The molecule has 2 rings (SSSR count). The van der Waals surface area contributed by atoms with Crippen LogP contribution in [0.3, 0.4) is 0 Å². The first-order valence-corrected chi connectivity index (χ1v) is 6.58. The van der Waals surface area contributed by atoms with Gasteiger partial charge in [-0.25, -0.2) is 4.39 Å². The number of hydrogen-bond donors (Lipinski definition) is 0. The van der Waals surface area contributed by atoms with Crippen LogP contribution in [-0.4, -0.2) is 4.92 Å². The Morgan fingerprint density at radius 1 is 1.30 bits per heavy atom. The lowest BCUT2D eigenvalue weighted by molar-refractivity contribution is -0.385. The van der Waals surface area contributed by atoms with E-state index in [4.69, 9.17) is 4.74 Å². The summed E-state index contributed by atoms with van der Waals surface area (Å²) in [5.74, 6) is -0.0102. The van der Waals surface area contributed by atoms with Crippen molar-refractivity contribution in [2.24, 2.45) is 0 Å². The van der Waals surface area contributed by atoms with Crippen molar-refractivity contribution in [1.82, 2.24) is 0 Å². The van der Waals surface area contributed by atoms with Crippen molar-refractivity contribution in [3.8, 4) is 5.75 Å². The standard InChI is InChI=1S/C14H11BrFNO3/c1-9-2-5-12(17(18)19)7-14(9)20-8-10-3-4-11(15)6-13(10)16/h2-7H,8H2,1H3. The zero-order valence-corrected chi connectivity index (χ0v) is 12.2. The zero-order valence-electron chi connectivity index (χ0n) is 10.6. The molecule has 20 heavy (non-hydrogen) atoms. The van der Waals surface area contributed by atoms with Gasteiger partial charge >= 0.3 is 0 Å². The zero-order chi connectivity index (χ0) is 14.7. The SMILES string of the molecule is Cc1ccc([N+](=O)[O-])cc1OCc1ccc(Br)cc1F. The second kappa shape index (κ2) is 6.00. The van der Waals surface area contributed by atoms with E-state index in [1.807, 2.05) is 0 Å². The number of benzene rings is 2. The van der Waals surface area contributed by atoms with Crippen LogP contribution in [0.5, 0.6) is 5.75 Å². The molecule has 0 unspecified atom stereocenters. The van der Waals surface area contributed by atoms with Crippen molar-refractivity contribution in [2.75, 3.05) is 0 Å². The van der Waals surface area contributed by atoms with E-state index in [1.165, 1.54) is 18.2 Å². The Balaban J connectivity index is 2.18. The van der Waals surface area contributed by atoms with E-state index in [1.54, 1.807) is 25.1 Å². The van der Waals surface area contributed by atoms with Gasteiger partial charge in [-0.05, 0) is 30.7 Å². The van der Waals surface area contributed by atoms with E-state index in [2.05, 4.69) is 15.9 Å². The molecule has 0 heterocycles. The third kappa shape index (κ3) is 3.33. The van der Waals surface area contributed by atoms with E-state index >= 15 is 0 Å². The van der Waals surface area contributed by atoms with Crippen LogP contribution in [0, 0.1) is 22.9 Å². The van der Waals surface area contributed by atoms with Gasteiger partial charge in [0.1, 0.15) is 18.2 Å².